The predicted octanol–water partition coefficient (Wildman–Crippen LogP) is 1.35. The zero-order valence-corrected chi connectivity index (χ0v) is 9.80. The first kappa shape index (κ1) is 13.0. The van der Waals surface area contributed by atoms with Crippen molar-refractivity contribution in [2.75, 3.05) is 0 Å². The van der Waals surface area contributed by atoms with Gasteiger partial charge in [-0.1, -0.05) is 18.2 Å². The van der Waals surface area contributed by atoms with Crippen LogP contribution in [0.2, 0.25) is 0 Å². The fraction of sp³-hybridized carbons (Fsp3) is 0.455. The minimum atomic E-state index is -1.81. The first-order chi connectivity index (χ1) is 7.38. The Labute approximate surface area is 96.0 Å². The Morgan fingerprint density at radius 3 is 2.38 bits per heavy atom. The van der Waals surface area contributed by atoms with Crippen molar-refractivity contribution in [1.29, 1.82) is 0 Å². The third-order valence-electron chi connectivity index (χ3n) is 1.87. The minimum Gasteiger partial charge on any atom is -0.512 e. The van der Waals surface area contributed by atoms with Gasteiger partial charge in [0.1, 0.15) is 5.75 Å². The van der Waals surface area contributed by atoms with Crippen molar-refractivity contribution in [3.05, 3.63) is 29.8 Å². The standard InChI is InChI=1S/C11H17BO4/c1-11(2,3)15-8-9-6-4-5-7-10(9)16-12(13)14/h4-7,13-14H,8H2,1-3H3. The lowest BCUT2D eigenvalue weighted by Gasteiger charge is -2.20. The van der Waals surface area contributed by atoms with Crippen molar-refractivity contribution in [1.82, 2.24) is 0 Å². The molecule has 88 valence electrons. The Kier molecular flexibility index (Phi) is 4.35. The maximum atomic E-state index is 8.75. The van der Waals surface area contributed by atoms with Gasteiger partial charge < -0.3 is 19.4 Å². The molecule has 1 aromatic rings. The van der Waals surface area contributed by atoms with Gasteiger partial charge in [0.2, 0.25) is 0 Å². The maximum absolute atomic E-state index is 8.75. The Morgan fingerprint density at radius 2 is 1.81 bits per heavy atom. The average molecular weight is 224 g/mol. The molecule has 4 nitrogen and oxygen atoms in total. The monoisotopic (exact) mass is 224 g/mol. The van der Waals surface area contributed by atoms with E-state index in [1.54, 1.807) is 12.1 Å². The Balaban J connectivity index is 2.71. The molecule has 0 atom stereocenters. The van der Waals surface area contributed by atoms with E-state index in [1.807, 2.05) is 32.9 Å². The molecule has 0 aliphatic rings. The molecular weight excluding hydrogens is 207 g/mol. The van der Waals surface area contributed by atoms with E-state index in [9.17, 15) is 0 Å². The van der Waals surface area contributed by atoms with Crippen molar-refractivity contribution in [2.45, 2.75) is 33.0 Å². The largest absolute Gasteiger partial charge is 0.707 e. The fourth-order valence-corrected chi connectivity index (χ4v) is 1.15. The average Bonchev–Trinajstić information content (AvgIpc) is 2.14. The summed E-state index contributed by atoms with van der Waals surface area (Å²) < 4.78 is 10.4. The number of para-hydroxylation sites is 1. The normalized spacial score (nSPS) is 11.3. The second-order valence-electron chi connectivity index (χ2n) is 4.45. The van der Waals surface area contributed by atoms with Gasteiger partial charge in [-0.25, -0.2) is 0 Å². The highest BCUT2D eigenvalue weighted by Crippen LogP contribution is 2.21. The molecule has 0 heterocycles. The molecule has 0 aromatic heterocycles. The summed E-state index contributed by atoms with van der Waals surface area (Å²) in [6.07, 6.45) is 0. The van der Waals surface area contributed by atoms with Crippen LogP contribution in [0.3, 0.4) is 0 Å². The number of hydrogen-bond acceptors (Lipinski definition) is 4. The van der Waals surface area contributed by atoms with Crippen LogP contribution in [0, 0.1) is 0 Å². The van der Waals surface area contributed by atoms with Gasteiger partial charge in [0.15, 0.2) is 0 Å². The van der Waals surface area contributed by atoms with Crippen LogP contribution in [-0.4, -0.2) is 23.0 Å². The zero-order chi connectivity index (χ0) is 12.2. The molecule has 0 radical (unpaired) electrons. The van der Waals surface area contributed by atoms with Crippen LogP contribution in [0.4, 0.5) is 0 Å². The van der Waals surface area contributed by atoms with E-state index in [1.165, 1.54) is 0 Å². The summed E-state index contributed by atoms with van der Waals surface area (Å²) in [5.41, 5.74) is 0.538. The van der Waals surface area contributed by atoms with Gasteiger partial charge in [0.05, 0.1) is 12.2 Å². The van der Waals surface area contributed by atoms with Gasteiger partial charge in [0, 0.05) is 5.56 Å². The van der Waals surface area contributed by atoms with Gasteiger partial charge in [-0.05, 0) is 26.8 Å². The lowest BCUT2D eigenvalue weighted by Crippen LogP contribution is -2.22. The first-order valence-electron chi connectivity index (χ1n) is 5.13. The molecule has 0 spiro atoms. The van der Waals surface area contributed by atoms with Gasteiger partial charge >= 0.3 is 7.32 Å². The molecule has 0 unspecified atom stereocenters. The molecule has 1 aromatic carbocycles. The zero-order valence-electron chi connectivity index (χ0n) is 9.80. The number of rotatable bonds is 4. The van der Waals surface area contributed by atoms with Crippen LogP contribution in [-0.2, 0) is 11.3 Å². The van der Waals surface area contributed by atoms with Gasteiger partial charge in [0.25, 0.3) is 0 Å². The third-order valence-corrected chi connectivity index (χ3v) is 1.87. The molecule has 5 heteroatoms. The molecule has 0 bridgehead atoms. The number of ether oxygens (including phenoxy) is 1. The highest BCUT2D eigenvalue weighted by atomic mass is 16.6. The van der Waals surface area contributed by atoms with Crippen molar-refractivity contribution in [3.8, 4) is 5.75 Å². The third kappa shape index (κ3) is 4.66. The summed E-state index contributed by atoms with van der Waals surface area (Å²) in [6.45, 7) is 6.23. The van der Waals surface area contributed by atoms with Crippen molar-refractivity contribution < 1.29 is 19.4 Å². The quantitative estimate of drug-likeness (QED) is 0.758. The highest BCUT2D eigenvalue weighted by Gasteiger charge is 2.16. The lowest BCUT2D eigenvalue weighted by molar-refractivity contribution is -0.0155. The first-order valence-corrected chi connectivity index (χ1v) is 5.13. The molecule has 0 aliphatic carbocycles. The van der Waals surface area contributed by atoms with E-state index < -0.39 is 7.32 Å². The maximum Gasteiger partial charge on any atom is 0.707 e. The van der Waals surface area contributed by atoms with Gasteiger partial charge in [-0.15, -0.1) is 0 Å². The molecule has 0 fully saturated rings. The highest BCUT2D eigenvalue weighted by molar-refractivity contribution is 6.33. The van der Waals surface area contributed by atoms with Crippen LogP contribution in [0.15, 0.2) is 24.3 Å². The topological polar surface area (TPSA) is 58.9 Å². The van der Waals surface area contributed by atoms with E-state index >= 15 is 0 Å². The minimum absolute atomic E-state index is 0.245. The van der Waals surface area contributed by atoms with E-state index in [4.69, 9.17) is 19.4 Å². The predicted molar refractivity (Wildman–Crippen MR) is 61.8 cm³/mol. The summed E-state index contributed by atoms with van der Waals surface area (Å²) in [7, 11) is -1.81. The van der Waals surface area contributed by atoms with Crippen LogP contribution >= 0.6 is 0 Å². The van der Waals surface area contributed by atoms with Gasteiger partial charge in [-0.3, -0.25) is 0 Å². The Hall–Kier alpha value is -1.04. The van der Waals surface area contributed by atoms with E-state index in [0.29, 0.717) is 12.4 Å². The van der Waals surface area contributed by atoms with E-state index in [0.717, 1.165) is 5.56 Å². The van der Waals surface area contributed by atoms with Crippen LogP contribution in [0.25, 0.3) is 0 Å². The molecule has 1 rings (SSSR count). The Morgan fingerprint density at radius 1 is 1.19 bits per heavy atom. The lowest BCUT2D eigenvalue weighted by atomic mass is 10.1. The SMILES string of the molecule is CC(C)(C)OCc1ccccc1OB(O)O. The van der Waals surface area contributed by atoms with Gasteiger partial charge in [-0.2, -0.15) is 0 Å². The molecule has 0 amide bonds. The molecule has 16 heavy (non-hydrogen) atoms. The molecule has 0 saturated heterocycles. The van der Waals surface area contributed by atoms with E-state index in [-0.39, 0.29) is 5.60 Å². The smallest absolute Gasteiger partial charge is 0.512 e. The summed E-state index contributed by atoms with van der Waals surface area (Å²) in [5.74, 6) is 0.418. The molecule has 0 aliphatic heterocycles. The van der Waals surface area contributed by atoms with E-state index in [2.05, 4.69) is 0 Å². The Bertz CT molecular complexity index is 333. The van der Waals surface area contributed by atoms with Crippen LogP contribution < -0.4 is 4.65 Å². The van der Waals surface area contributed by atoms with Crippen molar-refractivity contribution in [3.63, 3.8) is 0 Å². The molecule has 0 saturated carbocycles. The summed E-state index contributed by atoms with van der Waals surface area (Å²) in [4.78, 5) is 0. The summed E-state index contributed by atoms with van der Waals surface area (Å²) in [5, 5.41) is 17.5. The fourth-order valence-electron chi connectivity index (χ4n) is 1.15. The summed E-state index contributed by atoms with van der Waals surface area (Å²) >= 11 is 0. The molecular formula is C11H17BO4. The van der Waals surface area contributed by atoms with Crippen molar-refractivity contribution in [2.24, 2.45) is 0 Å². The van der Waals surface area contributed by atoms with Crippen molar-refractivity contribution >= 4 is 7.32 Å². The van der Waals surface area contributed by atoms with Crippen LogP contribution in [0.5, 0.6) is 5.75 Å². The number of benzene rings is 1. The summed E-state index contributed by atoms with van der Waals surface area (Å²) in [6, 6.07) is 7.10. The second-order valence-corrected chi connectivity index (χ2v) is 4.45. The molecule has 2 N–H and O–H groups in total. The van der Waals surface area contributed by atoms with Crippen LogP contribution in [0.1, 0.15) is 26.3 Å². The number of hydrogen-bond donors (Lipinski definition) is 2. The second kappa shape index (κ2) is 5.34.